The van der Waals surface area contributed by atoms with Gasteiger partial charge in [0.2, 0.25) is 5.91 Å². The van der Waals surface area contributed by atoms with Crippen molar-refractivity contribution in [2.75, 3.05) is 6.67 Å². The molecule has 0 spiro atoms. The van der Waals surface area contributed by atoms with Gasteiger partial charge in [-0.2, -0.15) is 0 Å². The first kappa shape index (κ1) is 7.12. The van der Waals surface area contributed by atoms with Crippen LogP contribution in [0.5, 0.6) is 0 Å². The monoisotopic (exact) mass is 140 g/mol. The standard InChI is InChI=1S/C7H12N2O/c1-6(2)9-4-3-7(10)8-5-9/h3-4,6H,5H2,1-2H3,(H,8,10). The Morgan fingerprint density at radius 3 is 2.80 bits per heavy atom. The van der Waals surface area contributed by atoms with Crippen LogP contribution in [0.2, 0.25) is 0 Å². The van der Waals surface area contributed by atoms with Gasteiger partial charge in [-0.15, -0.1) is 0 Å². The molecule has 3 heteroatoms. The van der Waals surface area contributed by atoms with Gasteiger partial charge in [0, 0.05) is 18.3 Å². The highest BCUT2D eigenvalue weighted by Gasteiger charge is 2.09. The lowest BCUT2D eigenvalue weighted by Crippen LogP contribution is -2.41. The van der Waals surface area contributed by atoms with Gasteiger partial charge < -0.3 is 10.2 Å². The van der Waals surface area contributed by atoms with Crippen molar-refractivity contribution in [2.24, 2.45) is 0 Å². The van der Waals surface area contributed by atoms with Crippen LogP contribution < -0.4 is 5.32 Å². The molecule has 0 atom stereocenters. The van der Waals surface area contributed by atoms with Crippen LogP contribution in [0.15, 0.2) is 12.3 Å². The maximum Gasteiger partial charge on any atom is 0.246 e. The van der Waals surface area contributed by atoms with Crippen molar-refractivity contribution in [1.29, 1.82) is 0 Å². The summed E-state index contributed by atoms with van der Waals surface area (Å²) in [4.78, 5) is 12.7. The number of nitrogens with zero attached hydrogens (tertiary/aromatic N) is 1. The second-order valence-electron chi connectivity index (χ2n) is 2.62. The van der Waals surface area contributed by atoms with Gasteiger partial charge in [-0.3, -0.25) is 4.79 Å². The molecule has 56 valence electrons. The normalized spacial score (nSPS) is 17.9. The van der Waals surface area contributed by atoms with E-state index >= 15 is 0 Å². The van der Waals surface area contributed by atoms with E-state index in [2.05, 4.69) is 24.1 Å². The first-order valence-corrected chi connectivity index (χ1v) is 3.42. The molecular weight excluding hydrogens is 128 g/mol. The zero-order valence-electron chi connectivity index (χ0n) is 6.29. The van der Waals surface area contributed by atoms with E-state index in [1.807, 2.05) is 6.20 Å². The molecule has 1 aliphatic heterocycles. The minimum absolute atomic E-state index is 0.00287. The molecule has 1 aliphatic rings. The Kier molecular flexibility index (Phi) is 1.94. The molecule has 10 heavy (non-hydrogen) atoms. The van der Waals surface area contributed by atoms with Crippen LogP contribution >= 0.6 is 0 Å². The minimum atomic E-state index is -0.00287. The highest BCUT2D eigenvalue weighted by atomic mass is 16.1. The number of hydrogen-bond acceptors (Lipinski definition) is 2. The third-order valence-corrected chi connectivity index (χ3v) is 1.52. The number of rotatable bonds is 1. The van der Waals surface area contributed by atoms with Crippen LogP contribution in [0.3, 0.4) is 0 Å². The van der Waals surface area contributed by atoms with E-state index in [9.17, 15) is 4.79 Å². The van der Waals surface area contributed by atoms with Crippen LogP contribution in [0.1, 0.15) is 13.8 Å². The van der Waals surface area contributed by atoms with E-state index in [0.717, 1.165) is 0 Å². The molecule has 0 aromatic rings. The summed E-state index contributed by atoms with van der Waals surface area (Å²) in [6, 6.07) is 0.455. The molecule has 0 aliphatic carbocycles. The van der Waals surface area contributed by atoms with Crippen LogP contribution in [-0.2, 0) is 4.79 Å². The third-order valence-electron chi connectivity index (χ3n) is 1.52. The van der Waals surface area contributed by atoms with Gasteiger partial charge >= 0.3 is 0 Å². The molecule has 0 saturated carbocycles. The van der Waals surface area contributed by atoms with Gasteiger partial charge in [-0.05, 0) is 13.8 Å². The maximum absolute atomic E-state index is 10.6. The quantitative estimate of drug-likeness (QED) is 0.568. The van der Waals surface area contributed by atoms with Crippen LogP contribution in [0.4, 0.5) is 0 Å². The lowest BCUT2D eigenvalue weighted by Gasteiger charge is -2.27. The largest absolute Gasteiger partial charge is 0.357 e. The maximum atomic E-state index is 10.6. The van der Waals surface area contributed by atoms with E-state index < -0.39 is 0 Å². The lowest BCUT2D eigenvalue weighted by atomic mass is 10.3. The van der Waals surface area contributed by atoms with Gasteiger partial charge in [0.25, 0.3) is 0 Å². The Bertz CT molecular complexity index is 163. The fourth-order valence-electron chi connectivity index (χ4n) is 0.799. The summed E-state index contributed by atoms with van der Waals surface area (Å²) >= 11 is 0. The number of carbonyl (C=O) groups is 1. The summed E-state index contributed by atoms with van der Waals surface area (Å²) in [6.45, 7) is 4.80. The van der Waals surface area contributed by atoms with E-state index in [4.69, 9.17) is 0 Å². The van der Waals surface area contributed by atoms with E-state index in [0.29, 0.717) is 12.7 Å². The highest BCUT2D eigenvalue weighted by Crippen LogP contribution is 1.99. The Labute approximate surface area is 60.7 Å². The molecule has 0 aromatic heterocycles. The summed E-state index contributed by atoms with van der Waals surface area (Å²) in [5.74, 6) is -0.00287. The zero-order chi connectivity index (χ0) is 7.56. The summed E-state index contributed by atoms with van der Waals surface area (Å²) in [5.41, 5.74) is 0. The Balaban J connectivity index is 2.53. The van der Waals surface area contributed by atoms with Crippen molar-refractivity contribution < 1.29 is 4.79 Å². The smallest absolute Gasteiger partial charge is 0.246 e. The van der Waals surface area contributed by atoms with Crippen molar-refractivity contribution in [3.05, 3.63) is 12.3 Å². The van der Waals surface area contributed by atoms with Crippen molar-refractivity contribution in [3.63, 3.8) is 0 Å². The van der Waals surface area contributed by atoms with Crippen LogP contribution in [0.25, 0.3) is 0 Å². The van der Waals surface area contributed by atoms with Gasteiger partial charge in [0.05, 0.1) is 6.67 Å². The molecule has 0 saturated heterocycles. The minimum Gasteiger partial charge on any atom is -0.357 e. The van der Waals surface area contributed by atoms with Gasteiger partial charge in [-0.1, -0.05) is 0 Å². The Morgan fingerprint density at radius 1 is 1.70 bits per heavy atom. The molecule has 3 nitrogen and oxygen atoms in total. The molecule has 0 bridgehead atoms. The van der Waals surface area contributed by atoms with Crippen molar-refractivity contribution in [3.8, 4) is 0 Å². The molecule has 0 aromatic carbocycles. The average molecular weight is 140 g/mol. The fourth-order valence-corrected chi connectivity index (χ4v) is 0.799. The highest BCUT2D eigenvalue weighted by molar-refractivity contribution is 5.87. The third kappa shape index (κ3) is 1.50. The van der Waals surface area contributed by atoms with Gasteiger partial charge in [-0.25, -0.2) is 0 Å². The van der Waals surface area contributed by atoms with E-state index in [1.165, 1.54) is 0 Å². The average Bonchev–Trinajstić information content (AvgIpc) is 1.88. The molecule has 0 fully saturated rings. The molecule has 0 unspecified atom stereocenters. The predicted octanol–water partition coefficient (Wildman–Crippen LogP) is 0.298. The summed E-state index contributed by atoms with van der Waals surface area (Å²) < 4.78 is 0. The van der Waals surface area contributed by atoms with Crippen molar-refractivity contribution in [2.45, 2.75) is 19.9 Å². The molecular formula is C7H12N2O. The summed E-state index contributed by atoms with van der Waals surface area (Å²) in [6.07, 6.45) is 3.37. The number of hydrogen-bond donors (Lipinski definition) is 1. The van der Waals surface area contributed by atoms with E-state index in [1.54, 1.807) is 6.08 Å². The number of nitrogens with one attached hydrogen (secondary N) is 1. The molecule has 1 N–H and O–H groups in total. The van der Waals surface area contributed by atoms with Gasteiger partial charge in [0.15, 0.2) is 0 Å². The molecule has 0 radical (unpaired) electrons. The molecule has 1 amide bonds. The fraction of sp³-hybridized carbons (Fsp3) is 0.571. The summed E-state index contributed by atoms with van der Waals surface area (Å²) in [5, 5.41) is 2.71. The van der Waals surface area contributed by atoms with Crippen molar-refractivity contribution >= 4 is 5.91 Å². The second kappa shape index (κ2) is 2.73. The van der Waals surface area contributed by atoms with Crippen molar-refractivity contribution in [1.82, 2.24) is 10.2 Å². The number of amides is 1. The first-order valence-electron chi connectivity index (χ1n) is 3.42. The van der Waals surface area contributed by atoms with Crippen LogP contribution in [0, 0.1) is 0 Å². The number of carbonyl (C=O) groups excluding carboxylic acids is 1. The summed E-state index contributed by atoms with van der Waals surface area (Å²) in [7, 11) is 0. The second-order valence-corrected chi connectivity index (χ2v) is 2.62. The molecule has 1 heterocycles. The van der Waals surface area contributed by atoms with Gasteiger partial charge in [0.1, 0.15) is 0 Å². The topological polar surface area (TPSA) is 32.3 Å². The SMILES string of the molecule is CC(C)N1C=CC(=O)NC1. The van der Waals surface area contributed by atoms with E-state index in [-0.39, 0.29) is 5.91 Å². The zero-order valence-corrected chi connectivity index (χ0v) is 6.29. The predicted molar refractivity (Wildman–Crippen MR) is 39.1 cm³/mol. The molecule has 1 rings (SSSR count). The Hall–Kier alpha value is -0.990. The Morgan fingerprint density at radius 2 is 2.40 bits per heavy atom. The first-order chi connectivity index (χ1) is 4.70. The lowest BCUT2D eigenvalue weighted by molar-refractivity contribution is -0.117. The van der Waals surface area contributed by atoms with Crippen LogP contribution in [-0.4, -0.2) is 23.5 Å².